The van der Waals surface area contributed by atoms with E-state index >= 15 is 0 Å². The number of aliphatic imine (C=N–C) groups is 1. The summed E-state index contributed by atoms with van der Waals surface area (Å²) in [6.45, 7) is 6.94. The molecule has 2 aromatic rings. The van der Waals surface area contributed by atoms with Gasteiger partial charge in [0.25, 0.3) is 6.43 Å². The van der Waals surface area contributed by atoms with Crippen LogP contribution in [0.2, 0.25) is 0 Å². The van der Waals surface area contributed by atoms with E-state index in [1.165, 1.54) is 47.4 Å². The summed E-state index contributed by atoms with van der Waals surface area (Å²) in [4.78, 5) is 43.0. The Balaban J connectivity index is 1.92. The second-order valence-electron chi connectivity index (χ2n) is 10.3. The van der Waals surface area contributed by atoms with Crippen molar-refractivity contribution in [3.63, 3.8) is 0 Å². The van der Waals surface area contributed by atoms with E-state index in [9.17, 15) is 33.4 Å². The van der Waals surface area contributed by atoms with Gasteiger partial charge in [0, 0.05) is 29.5 Å². The molecule has 1 saturated heterocycles. The molecule has 0 saturated carbocycles. The number of benzene rings is 2. The monoisotopic (exact) mass is 574 g/mol. The molecule has 2 aliphatic rings. The van der Waals surface area contributed by atoms with Crippen LogP contribution in [-0.4, -0.2) is 64.3 Å². The number of amides is 1. The summed E-state index contributed by atoms with van der Waals surface area (Å²) in [7, 11) is 0. The van der Waals surface area contributed by atoms with Crippen LogP contribution in [-0.2, 0) is 9.47 Å². The summed E-state index contributed by atoms with van der Waals surface area (Å²) in [5.41, 5.74) is -2.28. The van der Waals surface area contributed by atoms with Gasteiger partial charge in [-0.15, -0.1) is 0 Å². The number of carbonyl (C=O) groups is 3. The van der Waals surface area contributed by atoms with Crippen molar-refractivity contribution in [2.75, 3.05) is 6.54 Å². The third-order valence-electron chi connectivity index (χ3n) is 6.65. The summed E-state index contributed by atoms with van der Waals surface area (Å²) < 4.78 is 40.7. The Kier molecular flexibility index (Phi) is 8.50. The second kappa shape index (κ2) is 11.5. The molecular formula is C28H28F2N2O7S-2. The van der Waals surface area contributed by atoms with Crippen molar-refractivity contribution in [3.8, 4) is 0 Å². The van der Waals surface area contributed by atoms with E-state index in [1.54, 1.807) is 33.8 Å². The van der Waals surface area contributed by atoms with Crippen LogP contribution in [0.1, 0.15) is 71.4 Å². The number of aromatic carboxylic acids is 2. The van der Waals surface area contributed by atoms with Gasteiger partial charge in [0.2, 0.25) is 0 Å². The number of ether oxygens (including phenoxy) is 2. The maximum atomic E-state index is 14.7. The van der Waals surface area contributed by atoms with Crippen LogP contribution in [0, 0.1) is 0 Å². The van der Waals surface area contributed by atoms with Gasteiger partial charge >= 0.3 is 6.09 Å². The Hall–Kier alpha value is -3.51. The predicted molar refractivity (Wildman–Crippen MR) is 139 cm³/mol. The molecule has 1 fully saturated rings. The minimum absolute atomic E-state index is 0.00228. The van der Waals surface area contributed by atoms with Crippen LogP contribution in [0.4, 0.5) is 13.6 Å². The molecule has 0 aromatic heterocycles. The minimum Gasteiger partial charge on any atom is -0.545 e. The number of fused-ring (bicyclic) bond motifs is 1. The summed E-state index contributed by atoms with van der Waals surface area (Å²) >= 11 is 0.951. The van der Waals surface area contributed by atoms with E-state index < -0.39 is 59.5 Å². The molecule has 9 nitrogen and oxygen atoms in total. The lowest BCUT2D eigenvalue weighted by Gasteiger charge is -2.44. The van der Waals surface area contributed by atoms with Gasteiger partial charge in [0.15, 0.2) is 5.17 Å². The van der Waals surface area contributed by atoms with Gasteiger partial charge in [-0.2, -0.15) is 0 Å². The van der Waals surface area contributed by atoms with Crippen molar-refractivity contribution < 1.29 is 42.9 Å². The van der Waals surface area contributed by atoms with E-state index in [0.717, 1.165) is 11.8 Å². The number of halogens is 2. The lowest BCUT2D eigenvalue weighted by Crippen LogP contribution is -2.49. The summed E-state index contributed by atoms with van der Waals surface area (Å²) in [5, 5.41) is 24.3. The van der Waals surface area contributed by atoms with Crippen molar-refractivity contribution in [2.45, 2.75) is 69.1 Å². The molecule has 40 heavy (non-hydrogen) atoms. The maximum absolute atomic E-state index is 14.7. The Morgan fingerprint density at radius 1 is 1.00 bits per heavy atom. The summed E-state index contributed by atoms with van der Waals surface area (Å²) in [6.07, 6.45) is -5.60. The second-order valence-corrected chi connectivity index (χ2v) is 11.4. The quantitative estimate of drug-likeness (QED) is 0.515. The SMILES string of the molecule is CCN(C(=O)OC(C)(C)C)C1=N[C@@H]2[C@@H](c3ccccc3C(=O)[O-])[C@@H](c3ccccc3C(=O)[O-])[C@@H](C(F)F)O[C@@H]2S1. The van der Waals surface area contributed by atoms with Gasteiger partial charge in [0.1, 0.15) is 17.1 Å². The lowest BCUT2D eigenvalue weighted by molar-refractivity contribution is -0.256. The number of rotatable bonds is 6. The molecule has 0 aliphatic carbocycles. The standard InChI is InChI=1S/C28H30F2N2O7S/c1-5-32(27(37)39-28(2,3)4)26-31-20-18(14-10-6-8-12-16(14)23(33)34)19(21(22(29)30)38-25(20)40-26)15-11-7-9-13-17(15)24(35)36/h6-13,18-22,25H,5H2,1-4H3,(H,33,34)(H,35,36)/p-2/t18-,19+,20+,21-,25+/m0/s1. The molecule has 5 atom stereocenters. The largest absolute Gasteiger partial charge is 0.545 e. The van der Waals surface area contributed by atoms with Crippen LogP contribution in [0.3, 0.4) is 0 Å². The zero-order chi connectivity index (χ0) is 29.4. The van der Waals surface area contributed by atoms with Gasteiger partial charge < -0.3 is 29.3 Å². The zero-order valence-electron chi connectivity index (χ0n) is 22.2. The van der Waals surface area contributed by atoms with Crippen LogP contribution < -0.4 is 10.2 Å². The van der Waals surface area contributed by atoms with E-state index in [1.807, 2.05) is 0 Å². The fourth-order valence-electron chi connectivity index (χ4n) is 5.11. The zero-order valence-corrected chi connectivity index (χ0v) is 23.0. The smallest absolute Gasteiger partial charge is 0.416 e. The molecule has 1 amide bonds. The molecule has 2 heterocycles. The third kappa shape index (κ3) is 5.83. The van der Waals surface area contributed by atoms with Gasteiger partial charge in [-0.3, -0.25) is 9.89 Å². The van der Waals surface area contributed by atoms with Crippen LogP contribution >= 0.6 is 11.8 Å². The number of carbonyl (C=O) groups excluding carboxylic acids is 3. The molecule has 0 unspecified atom stereocenters. The molecule has 0 radical (unpaired) electrons. The topological polar surface area (TPSA) is 131 Å². The average molecular weight is 575 g/mol. The number of alkyl halides is 2. The van der Waals surface area contributed by atoms with Crippen LogP contribution in [0.5, 0.6) is 0 Å². The fourth-order valence-corrected chi connectivity index (χ4v) is 6.39. The van der Waals surface area contributed by atoms with Crippen molar-refractivity contribution in [1.82, 2.24) is 4.90 Å². The Morgan fingerprint density at radius 2 is 1.52 bits per heavy atom. The molecule has 0 bridgehead atoms. The number of hydrogen-bond acceptors (Lipinski definition) is 9. The molecular weight excluding hydrogens is 546 g/mol. The highest BCUT2D eigenvalue weighted by atomic mass is 32.2. The Labute approximate surface area is 234 Å². The Bertz CT molecular complexity index is 1330. The highest BCUT2D eigenvalue weighted by Gasteiger charge is 2.54. The summed E-state index contributed by atoms with van der Waals surface area (Å²) in [5.74, 6) is -5.53. The highest BCUT2D eigenvalue weighted by Crippen LogP contribution is 2.53. The van der Waals surface area contributed by atoms with Gasteiger partial charge in [-0.1, -0.05) is 60.3 Å². The van der Waals surface area contributed by atoms with E-state index in [4.69, 9.17) is 14.5 Å². The molecule has 0 N–H and O–H groups in total. The number of nitrogens with zero attached hydrogens (tertiary/aromatic N) is 2. The number of carboxylic acid groups (broad SMARTS) is 2. The molecule has 0 spiro atoms. The molecule has 12 heteroatoms. The number of hydrogen-bond donors (Lipinski definition) is 0. The molecule has 2 aromatic carbocycles. The van der Waals surface area contributed by atoms with Gasteiger partial charge in [0.05, 0.1) is 18.0 Å². The lowest BCUT2D eigenvalue weighted by atomic mass is 9.70. The first kappa shape index (κ1) is 29.5. The first-order valence-electron chi connectivity index (χ1n) is 12.6. The van der Waals surface area contributed by atoms with E-state index in [2.05, 4.69) is 0 Å². The highest BCUT2D eigenvalue weighted by molar-refractivity contribution is 8.14. The maximum Gasteiger partial charge on any atom is 0.416 e. The van der Waals surface area contributed by atoms with Gasteiger partial charge in [-0.25, -0.2) is 13.6 Å². The number of amidine groups is 1. The number of carboxylic acids is 2. The van der Waals surface area contributed by atoms with Crippen molar-refractivity contribution >= 4 is 35.0 Å². The van der Waals surface area contributed by atoms with E-state index in [0.29, 0.717) is 0 Å². The van der Waals surface area contributed by atoms with Crippen molar-refractivity contribution in [2.24, 2.45) is 4.99 Å². The van der Waals surface area contributed by atoms with Crippen molar-refractivity contribution in [1.29, 1.82) is 0 Å². The predicted octanol–water partition coefficient (Wildman–Crippen LogP) is 3.00. The molecule has 2 aliphatic heterocycles. The van der Waals surface area contributed by atoms with Crippen LogP contribution in [0.25, 0.3) is 0 Å². The van der Waals surface area contributed by atoms with Crippen LogP contribution in [0.15, 0.2) is 53.5 Å². The van der Waals surface area contributed by atoms with Gasteiger partial charge in [-0.05, 0) is 38.8 Å². The molecule has 4 rings (SSSR count). The Morgan fingerprint density at radius 3 is 2.00 bits per heavy atom. The fraction of sp³-hybridized carbons (Fsp3) is 0.429. The summed E-state index contributed by atoms with van der Waals surface area (Å²) in [6, 6.07) is 10.4. The minimum atomic E-state index is -3.07. The first-order chi connectivity index (χ1) is 18.8. The van der Waals surface area contributed by atoms with E-state index in [-0.39, 0.29) is 34.0 Å². The molecule has 214 valence electrons. The average Bonchev–Trinajstić information content (AvgIpc) is 3.30. The number of thioether (sulfide) groups is 1. The van der Waals surface area contributed by atoms with Crippen molar-refractivity contribution in [3.05, 3.63) is 70.8 Å². The third-order valence-corrected chi connectivity index (χ3v) is 7.81. The first-order valence-corrected chi connectivity index (χ1v) is 13.5. The normalized spacial score (nSPS) is 24.3.